The minimum Gasteiger partial charge on any atom is -0.356 e. The lowest BCUT2D eigenvalue weighted by molar-refractivity contribution is -0.917. The maximum atomic E-state index is 13.1. The molecule has 0 aliphatic carbocycles. The van der Waals surface area contributed by atoms with Crippen LogP contribution < -0.4 is 4.90 Å². The average Bonchev–Trinajstić information content (AvgIpc) is 3.18. The Morgan fingerprint density at radius 1 is 1.04 bits per heavy atom. The van der Waals surface area contributed by atoms with Gasteiger partial charge in [-0.15, -0.1) is 0 Å². The van der Waals surface area contributed by atoms with E-state index in [-0.39, 0.29) is 4.90 Å². The van der Waals surface area contributed by atoms with Gasteiger partial charge in [-0.2, -0.15) is 4.31 Å². The largest absolute Gasteiger partial charge is 0.356 e. The van der Waals surface area contributed by atoms with E-state index in [2.05, 4.69) is 5.16 Å². The van der Waals surface area contributed by atoms with Crippen LogP contribution in [-0.4, -0.2) is 44.1 Å². The summed E-state index contributed by atoms with van der Waals surface area (Å²) in [6.07, 6.45) is 0. The molecule has 1 aliphatic rings. The van der Waals surface area contributed by atoms with Crippen LogP contribution in [0.4, 0.5) is 4.39 Å². The highest BCUT2D eigenvalue weighted by Crippen LogP contribution is 2.19. The van der Waals surface area contributed by atoms with Crippen LogP contribution in [0, 0.1) is 5.82 Å². The van der Waals surface area contributed by atoms with E-state index in [0.717, 1.165) is 17.0 Å². The Bertz CT molecular complexity index is 1030. The first kappa shape index (κ1) is 18.8. The van der Waals surface area contributed by atoms with Crippen molar-refractivity contribution in [2.75, 3.05) is 26.2 Å². The molecular weight excluding hydrogens is 381 g/mol. The van der Waals surface area contributed by atoms with Crippen LogP contribution in [0.5, 0.6) is 0 Å². The van der Waals surface area contributed by atoms with Crippen LogP contribution in [0.3, 0.4) is 0 Å². The van der Waals surface area contributed by atoms with E-state index < -0.39 is 15.8 Å². The molecule has 0 radical (unpaired) electrons. The summed E-state index contributed by atoms with van der Waals surface area (Å²) in [6, 6.07) is 16.7. The summed E-state index contributed by atoms with van der Waals surface area (Å²) in [5.74, 6) is 0.281. The van der Waals surface area contributed by atoms with Crippen LogP contribution in [-0.2, 0) is 16.6 Å². The van der Waals surface area contributed by atoms with Crippen LogP contribution in [0.15, 0.2) is 70.1 Å². The van der Waals surface area contributed by atoms with Crippen LogP contribution in [0.2, 0.25) is 0 Å². The fourth-order valence-corrected chi connectivity index (χ4v) is 4.81. The van der Waals surface area contributed by atoms with Gasteiger partial charge in [0.05, 0.1) is 31.1 Å². The van der Waals surface area contributed by atoms with E-state index in [4.69, 9.17) is 4.52 Å². The molecule has 2 aromatic carbocycles. The Balaban J connectivity index is 1.37. The predicted octanol–water partition coefficient (Wildman–Crippen LogP) is 1.57. The average molecular weight is 402 g/mol. The molecule has 1 saturated heterocycles. The fraction of sp³-hybridized carbons (Fsp3) is 0.250. The van der Waals surface area contributed by atoms with Crippen LogP contribution >= 0.6 is 0 Å². The molecule has 0 amide bonds. The number of benzene rings is 2. The van der Waals surface area contributed by atoms with Crippen molar-refractivity contribution < 1.29 is 22.2 Å². The van der Waals surface area contributed by atoms with Crippen molar-refractivity contribution in [3.8, 4) is 11.3 Å². The molecule has 0 saturated carbocycles. The molecular formula is C20H21FN3O3S+. The molecule has 0 atom stereocenters. The highest BCUT2D eigenvalue weighted by molar-refractivity contribution is 7.89. The number of hydrogen-bond acceptors (Lipinski definition) is 4. The number of halogens is 1. The van der Waals surface area contributed by atoms with Crippen molar-refractivity contribution in [3.05, 3.63) is 72.2 Å². The molecule has 4 rings (SSSR count). The molecule has 8 heteroatoms. The first-order valence-corrected chi connectivity index (χ1v) is 10.6. The van der Waals surface area contributed by atoms with Gasteiger partial charge in [-0.1, -0.05) is 35.5 Å². The third kappa shape index (κ3) is 3.99. The van der Waals surface area contributed by atoms with Gasteiger partial charge in [-0.05, 0) is 24.3 Å². The van der Waals surface area contributed by atoms with Crippen LogP contribution in [0.1, 0.15) is 5.69 Å². The second-order valence-electron chi connectivity index (χ2n) is 6.83. The molecule has 0 unspecified atom stereocenters. The molecule has 1 N–H and O–H groups in total. The molecule has 1 fully saturated rings. The molecule has 3 aromatic rings. The summed E-state index contributed by atoms with van der Waals surface area (Å²) < 4.78 is 45.3. The van der Waals surface area contributed by atoms with Gasteiger partial charge in [0, 0.05) is 11.6 Å². The zero-order valence-corrected chi connectivity index (χ0v) is 16.0. The topological polar surface area (TPSA) is 67.8 Å². The first-order chi connectivity index (χ1) is 13.5. The first-order valence-electron chi connectivity index (χ1n) is 9.13. The zero-order chi connectivity index (χ0) is 19.6. The van der Waals surface area contributed by atoms with E-state index in [1.54, 1.807) is 0 Å². The van der Waals surface area contributed by atoms with Crippen molar-refractivity contribution in [1.82, 2.24) is 9.46 Å². The predicted molar refractivity (Wildman–Crippen MR) is 101 cm³/mol. The summed E-state index contributed by atoms with van der Waals surface area (Å²) in [4.78, 5) is 1.37. The van der Waals surface area contributed by atoms with Gasteiger partial charge in [0.15, 0.2) is 5.76 Å². The molecule has 2 heterocycles. The Hall–Kier alpha value is -2.55. The second kappa shape index (κ2) is 7.83. The summed E-state index contributed by atoms with van der Waals surface area (Å²) in [7, 11) is -3.59. The Kier molecular flexibility index (Phi) is 5.25. The molecule has 146 valence electrons. The third-order valence-electron chi connectivity index (χ3n) is 4.93. The van der Waals surface area contributed by atoms with Crippen molar-refractivity contribution in [2.45, 2.75) is 11.4 Å². The van der Waals surface area contributed by atoms with Gasteiger partial charge < -0.3 is 9.42 Å². The van der Waals surface area contributed by atoms with E-state index in [1.807, 2.05) is 36.4 Å². The lowest BCUT2D eigenvalue weighted by atomic mass is 10.1. The quantitative estimate of drug-likeness (QED) is 0.704. The highest BCUT2D eigenvalue weighted by Gasteiger charge is 2.30. The smallest absolute Gasteiger partial charge is 0.243 e. The molecule has 0 bridgehead atoms. The highest BCUT2D eigenvalue weighted by atomic mass is 32.2. The van der Waals surface area contributed by atoms with Gasteiger partial charge >= 0.3 is 0 Å². The molecule has 28 heavy (non-hydrogen) atoms. The number of quaternary nitrogens is 1. The van der Waals surface area contributed by atoms with E-state index in [0.29, 0.717) is 32.7 Å². The summed E-state index contributed by atoms with van der Waals surface area (Å²) in [6.45, 7) is 2.86. The number of hydrogen-bond donors (Lipinski definition) is 1. The fourth-order valence-electron chi connectivity index (χ4n) is 3.36. The minimum absolute atomic E-state index is 0.126. The summed E-state index contributed by atoms with van der Waals surface area (Å²) >= 11 is 0. The normalized spacial score (nSPS) is 16.3. The summed E-state index contributed by atoms with van der Waals surface area (Å²) in [5.41, 5.74) is 1.83. The van der Waals surface area contributed by atoms with E-state index in [1.165, 1.54) is 33.5 Å². The van der Waals surface area contributed by atoms with Gasteiger partial charge in [0.2, 0.25) is 10.0 Å². The SMILES string of the molecule is O=S(=O)(c1ccc(F)cc1)N1CC[NH+](Cc2cc(-c3ccccc3)on2)CC1. The Morgan fingerprint density at radius 3 is 2.39 bits per heavy atom. The van der Waals surface area contributed by atoms with E-state index >= 15 is 0 Å². The van der Waals surface area contributed by atoms with Crippen molar-refractivity contribution in [3.63, 3.8) is 0 Å². The third-order valence-corrected chi connectivity index (χ3v) is 6.84. The number of piperazine rings is 1. The van der Waals surface area contributed by atoms with Gasteiger partial charge in [-0.3, -0.25) is 0 Å². The molecule has 6 nitrogen and oxygen atoms in total. The lowest BCUT2D eigenvalue weighted by Crippen LogP contribution is -3.13. The Labute approximate surface area is 163 Å². The number of sulfonamides is 1. The number of aromatic nitrogens is 1. The number of nitrogens with zero attached hydrogens (tertiary/aromatic N) is 2. The van der Waals surface area contributed by atoms with Gasteiger partial charge in [-0.25, -0.2) is 12.8 Å². The van der Waals surface area contributed by atoms with Gasteiger partial charge in [0.1, 0.15) is 18.1 Å². The monoisotopic (exact) mass is 402 g/mol. The summed E-state index contributed by atoms with van der Waals surface area (Å²) in [5, 5.41) is 4.15. The standard InChI is InChI=1S/C20H20FN3O3S/c21-17-6-8-19(9-7-17)28(25,26)24-12-10-23(11-13-24)15-18-14-20(27-22-18)16-4-2-1-3-5-16/h1-9,14H,10-13,15H2/p+1. The maximum Gasteiger partial charge on any atom is 0.243 e. The van der Waals surface area contributed by atoms with Crippen LogP contribution in [0.25, 0.3) is 11.3 Å². The number of nitrogens with one attached hydrogen (secondary N) is 1. The number of rotatable bonds is 5. The second-order valence-corrected chi connectivity index (χ2v) is 8.77. The van der Waals surface area contributed by atoms with Crippen molar-refractivity contribution >= 4 is 10.0 Å². The zero-order valence-electron chi connectivity index (χ0n) is 15.2. The Morgan fingerprint density at radius 2 is 1.71 bits per heavy atom. The molecule has 1 aromatic heterocycles. The maximum absolute atomic E-state index is 13.1. The van der Waals surface area contributed by atoms with Crippen molar-refractivity contribution in [2.24, 2.45) is 0 Å². The van der Waals surface area contributed by atoms with E-state index in [9.17, 15) is 12.8 Å². The van der Waals surface area contributed by atoms with Crippen molar-refractivity contribution in [1.29, 1.82) is 0 Å². The molecule has 1 aliphatic heterocycles. The lowest BCUT2D eigenvalue weighted by Gasteiger charge is -2.31. The minimum atomic E-state index is -3.59. The van der Waals surface area contributed by atoms with Gasteiger partial charge in [0.25, 0.3) is 0 Å². The molecule has 0 spiro atoms.